The average Bonchev–Trinajstić information content (AvgIpc) is 3.28. The molecule has 0 spiro atoms. The molecule has 33 heavy (non-hydrogen) atoms. The topological polar surface area (TPSA) is 115 Å². The second-order valence-corrected chi connectivity index (χ2v) is 15.0. The van der Waals surface area contributed by atoms with E-state index in [4.69, 9.17) is 14.9 Å². The molecule has 2 heterocycles. The molecule has 4 N–H and O–H groups in total. The van der Waals surface area contributed by atoms with Crippen LogP contribution >= 0.6 is 0 Å². The number of carboxylic acid groups (broad SMARTS) is 1. The lowest BCUT2D eigenvalue weighted by Gasteiger charge is -2.38. The fraction of sp³-hybridized carbons (Fsp3) is 0.636. The second kappa shape index (κ2) is 9.47. The molecule has 0 radical (unpaired) electrons. The Labute approximate surface area is 195 Å². The highest BCUT2D eigenvalue weighted by atomic mass is 28.4. The zero-order valence-corrected chi connectivity index (χ0v) is 21.3. The molecule has 1 aliphatic heterocycles. The van der Waals surface area contributed by atoms with Crippen molar-refractivity contribution < 1.29 is 23.5 Å². The van der Waals surface area contributed by atoms with Crippen molar-refractivity contribution in [2.45, 2.75) is 64.0 Å². The Hall–Kier alpha value is -2.37. The third kappa shape index (κ3) is 5.25. The molecule has 0 bridgehead atoms. The molecule has 2 atom stereocenters. The quantitative estimate of drug-likeness (QED) is 0.389. The van der Waals surface area contributed by atoms with E-state index in [-0.39, 0.29) is 17.1 Å². The molecule has 11 heteroatoms. The summed E-state index contributed by atoms with van der Waals surface area (Å²) in [5.74, 6) is -0.451. The molecule has 1 fully saturated rings. The van der Waals surface area contributed by atoms with Gasteiger partial charge >= 0.3 is 6.09 Å². The van der Waals surface area contributed by atoms with Crippen molar-refractivity contribution in [1.82, 2.24) is 15.1 Å². The Balaban J connectivity index is 1.99. The zero-order chi connectivity index (χ0) is 24.6. The number of hydrogen-bond acceptors (Lipinski definition) is 6. The van der Waals surface area contributed by atoms with Crippen molar-refractivity contribution >= 4 is 36.7 Å². The third-order valence-electron chi connectivity index (χ3n) is 6.86. The standard InChI is InChI=1S/C22H36FN5O4Si/c1-22(2,3)33(5,6)32-13-15-9-14(26-21(29)30)12-27(15)20-16-11-25-28(7-8-31-4)19(16)17(23)10-18(20)24/h10-11,14-15,26H,7-9,12-13,24H2,1-6H3,(H,29,30)/t14-,15-/m0/s1. The Morgan fingerprint density at radius 2 is 2.12 bits per heavy atom. The highest BCUT2D eigenvalue weighted by Crippen LogP contribution is 2.40. The largest absolute Gasteiger partial charge is 0.465 e. The van der Waals surface area contributed by atoms with Gasteiger partial charge in [-0.2, -0.15) is 5.10 Å². The molecule has 184 valence electrons. The number of fused-ring (bicyclic) bond motifs is 1. The van der Waals surface area contributed by atoms with E-state index in [2.05, 4.69) is 44.3 Å². The van der Waals surface area contributed by atoms with E-state index < -0.39 is 20.2 Å². The smallest absolute Gasteiger partial charge is 0.404 e. The van der Waals surface area contributed by atoms with Crippen molar-refractivity contribution in [3.63, 3.8) is 0 Å². The summed E-state index contributed by atoms with van der Waals surface area (Å²) >= 11 is 0. The van der Waals surface area contributed by atoms with Gasteiger partial charge < -0.3 is 30.2 Å². The Morgan fingerprint density at radius 1 is 1.42 bits per heavy atom. The maximum absolute atomic E-state index is 14.9. The van der Waals surface area contributed by atoms with Crippen molar-refractivity contribution in [2.24, 2.45) is 0 Å². The van der Waals surface area contributed by atoms with E-state index >= 15 is 0 Å². The van der Waals surface area contributed by atoms with Crippen LogP contribution in [0.1, 0.15) is 27.2 Å². The zero-order valence-electron chi connectivity index (χ0n) is 20.3. The summed E-state index contributed by atoms with van der Waals surface area (Å²) in [6, 6.07) is 0.902. The first-order chi connectivity index (χ1) is 15.4. The SMILES string of the molecule is COCCn1ncc2c(N3C[C@@H](NC(=O)O)C[C@H]3CO[Si](C)(C)C(C)(C)C)c(N)cc(F)c21. The molecular weight excluding hydrogens is 445 g/mol. The number of nitrogens with two attached hydrogens (primary N) is 1. The van der Waals surface area contributed by atoms with Gasteiger partial charge in [0.1, 0.15) is 5.52 Å². The molecular formula is C22H36FN5O4Si. The van der Waals surface area contributed by atoms with Crippen LogP contribution in [-0.2, 0) is 15.7 Å². The molecule has 1 saturated heterocycles. The van der Waals surface area contributed by atoms with Gasteiger partial charge in [0.15, 0.2) is 14.1 Å². The predicted molar refractivity (Wildman–Crippen MR) is 130 cm³/mol. The lowest BCUT2D eigenvalue weighted by atomic mass is 10.1. The minimum atomic E-state index is -2.03. The number of nitrogens with zero attached hydrogens (tertiary/aromatic N) is 3. The minimum absolute atomic E-state index is 0.0415. The van der Waals surface area contributed by atoms with Crippen LogP contribution < -0.4 is 16.0 Å². The number of ether oxygens (including phenoxy) is 1. The van der Waals surface area contributed by atoms with Crippen LogP contribution in [0.2, 0.25) is 18.1 Å². The minimum Gasteiger partial charge on any atom is -0.465 e. The van der Waals surface area contributed by atoms with Crippen molar-refractivity contribution in [1.29, 1.82) is 0 Å². The first kappa shape index (κ1) is 25.3. The van der Waals surface area contributed by atoms with Crippen molar-refractivity contribution in [3.05, 3.63) is 18.1 Å². The van der Waals surface area contributed by atoms with E-state index in [1.54, 1.807) is 18.0 Å². The summed E-state index contributed by atoms with van der Waals surface area (Å²) in [5, 5.41) is 16.9. The summed E-state index contributed by atoms with van der Waals surface area (Å²) in [6.45, 7) is 12.5. The van der Waals surface area contributed by atoms with Crippen LogP contribution in [0.4, 0.5) is 20.6 Å². The van der Waals surface area contributed by atoms with Gasteiger partial charge in [0.05, 0.1) is 49.4 Å². The van der Waals surface area contributed by atoms with E-state index in [9.17, 15) is 14.3 Å². The molecule has 1 aromatic heterocycles. The van der Waals surface area contributed by atoms with Gasteiger partial charge in [-0.05, 0) is 24.6 Å². The summed E-state index contributed by atoms with van der Waals surface area (Å²) in [4.78, 5) is 13.4. The monoisotopic (exact) mass is 481 g/mol. The molecule has 2 aromatic rings. The fourth-order valence-corrected chi connectivity index (χ4v) is 5.10. The number of carbonyl (C=O) groups is 1. The molecule has 1 aromatic carbocycles. The number of aromatic nitrogens is 2. The molecule has 1 amide bonds. The molecule has 9 nitrogen and oxygen atoms in total. The first-order valence-corrected chi connectivity index (χ1v) is 14.1. The highest BCUT2D eigenvalue weighted by molar-refractivity contribution is 6.74. The second-order valence-electron chi connectivity index (χ2n) is 10.2. The van der Waals surface area contributed by atoms with Gasteiger partial charge in [0.2, 0.25) is 0 Å². The number of nitrogens with one attached hydrogen (secondary N) is 1. The molecule has 0 aliphatic carbocycles. The van der Waals surface area contributed by atoms with Gasteiger partial charge in [0, 0.05) is 25.1 Å². The van der Waals surface area contributed by atoms with E-state index in [1.807, 2.05) is 4.90 Å². The van der Waals surface area contributed by atoms with E-state index in [1.165, 1.54) is 6.07 Å². The van der Waals surface area contributed by atoms with Gasteiger partial charge in [-0.15, -0.1) is 0 Å². The maximum Gasteiger partial charge on any atom is 0.404 e. The Morgan fingerprint density at radius 3 is 2.73 bits per heavy atom. The van der Waals surface area contributed by atoms with Gasteiger partial charge in [0.25, 0.3) is 0 Å². The van der Waals surface area contributed by atoms with E-state index in [0.29, 0.717) is 55.0 Å². The van der Waals surface area contributed by atoms with Crippen LogP contribution in [0.5, 0.6) is 0 Å². The molecule has 0 saturated carbocycles. The number of amides is 1. The first-order valence-electron chi connectivity index (χ1n) is 11.2. The predicted octanol–water partition coefficient (Wildman–Crippen LogP) is 3.64. The highest BCUT2D eigenvalue weighted by Gasteiger charge is 2.41. The number of benzene rings is 1. The van der Waals surface area contributed by atoms with Gasteiger partial charge in [-0.1, -0.05) is 20.8 Å². The molecule has 0 unspecified atom stereocenters. The summed E-state index contributed by atoms with van der Waals surface area (Å²) in [5.41, 5.74) is 7.63. The van der Waals surface area contributed by atoms with Crippen LogP contribution in [0.25, 0.3) is 10.9 Å². The van der Waals surface area contributed by atoms with Gasteiger partial charge in [-0.3, -0.25) is 4.68 Å². The van der Waals surface area contributed by atoms with Gasteiger partial charge in [-0.25, -0.2) is 9.18 Å². The normalized spacial score (nSPS) is 19.4. The van der Waals surface area contributed by atoms with E-state index in [0.717, 1.165) is 0 Å². The third-order valence-corrected chi connectivity index (χ3v) is 11.4. The van der Waals surface area contributed by atoms with Crippen LogP contribution in [0.3, 0.4) is 0 Å². The number of anilines is 2. The lowest BCUT2D eigenvalue weighted by molar-refractivity contribution is 0.184. The van der Waals surface area contributed by atoms with Crippen LogP contribution in [-0.4, -0.2) is 68.2 Å². The average molecular weight is 482 g/mol. The summed E-state index contributed by atoms with van der Waals surface area (Å²) < 4.78 is 28.1. The molecule has 3 rings (SSSR count). The number of rotatable bonds is 8. The lowest BCUT2D eigenvalue weighted by Crippen LogP contribution is -2.45. The number of methoxy groups -OCH3 is 1. The Bertz CT molecular complexity index is 1010. The summed E-state index contributed by atoms with van der Waals surface area (Å²) in [6.07, 6.45) is 1.11. The number of hydrogen-bond donors (Lipinski definition) is 3. The number of nitrogen functional groups attached to an aromatic ring is 1. The molecule has 1 aliphatic rings. The summed E-state index contributed by atoms with van der Waals surface area (Å²) in [7, 11) is -0.447. The van der Waals surface area contributed by atoms with Crippen LogP contribution in [0, 0.1) is 5.82 Å². The number of halogens is 1. The fourth-order valence-electron chi connectivity index (χ4n) is 4.06. The Kier molecular flexibility index (Phi) is 7.25. The van der Waals surface area contributed by atoms with Crippen LogP contribution in [0.15, 0.2) is 12.3 Å². The van der Waals surface area contributed by atoms with Crippen molar-refractivity contribution in [2.75, 3.05) is 37.5 Å². The maximum atomic E-state index is 14.9. The van der Waals surface area contributed by atoms with Crippen molar-refractivity contribution in [3.8, 4) is 0 Å².